The van der Waals surface area contributed by atoms with Gasteiger partial charge in [-0.05, 0) is 38.1 Å². The number of anilines is 1. The minimum atomic E-state index is -0.217. The summed E-state index contributed by atoms with van der Waals surface area (Å²) in [5, 5.41) is 4.00. The fourth-order valence-electron chi connectivity index (χ4n) is 4.26. The maximum absolute atomic E-state index is 12.4. The molecule has 1 N–H and O–H groups in total. The molecule has 0 radical (unpaired) electrons. The second-order valence-corrected chi connectivity index (χ2v) is 7.82. The molecule has 1 aromatic heterocycles. The number of nitrogens with zero attached hydrogens (tertiary/aromatic N) is 3. The van der Waals surface area contributed by atoms with Crippen molar-refractivity contribution in [3.05, 3.63) is 23.4 Å². The number of rotatable bonds is 3. The van der Waals surface area contributed by atoms with Crippen LogP contribution in [0.5, 0.6) is 0 Å². The number of piperidine rings is 1. The zero-order valence-electron chi connectivity index (χ0n) is 15.2. The number of pyridine rings is 1. The Morgan fingerprint density at radius 3 is 2.52 bits per heavy atom. The monoisotopic (exact) mass is 436 g/mol. The average molecular weight is 438 g/mol. The predicted molar refractivity (Wildman–Crippen MR) is 111 cm³/mol. The van der Waals surface area contributed by atoms with Gasteiger partial charge in [0, 0.05) is 45.3 Å². The van der Waals surface area contributed by atoms with Crippen molar-refractivity contribution in [2.45, 2.75) is 25.4 Å². The van der Waals surface area contributed by atoms with E-state index in [1.54, 1.807) is 6.20 Å². The number of aromatic nitrogens is 1. The van der Waals surface area contributed by atoms with Gasteiger partial charge < -0.3 is 15.0 Å². The van der Waals surface area contributed by atoms with Gasteiger partial charge >= 0.3 is 5.97 Å². The van der Waals surface area contributed by atoms with Crippen molar-refractivity contribution < 1.29 is 9.53 Å². The van der Waals surface area contributed by atoms with Crippen LogP contribution in [0.1, 0.15) is 19.3 Å². The van der Waals surface area contributed by atoms with Gasteiger partial charge in [-0.1, -0.05) is 11.6 Å². The van der Waals surface area contributed by atoms with Crippen LogP contribution in [-0.4, -0.2) is 67.8 Å². The fraction of sp³-hybridized carbons (Fsp3) is 0.667. The molecule has 3 aliphatic rings. The van der Waals surface area contributed by atoms with E-state index < -0.39 is 0 Å². The van der Waals surface area contributed by atoms with Crippen molar-refractivity contribution in [1.29, 1.82) is 0 Å². The molecule has 6 nitrogen and oxygen atoms in total. The molecule has 152 valence electrons. The molecule has 27 heavy (non-hydrogen) atoms. The van der Waals surface area contributed by atoms with Crippen molar-refractivity contribution in [3.63, 3.8) is 0 Å². The molecule has 3 aliphatic heterocycles. The first-order chi connectivity index (χ1) is 12.1. The summed E-state index contributed by atoms with van der Waals surface area (Å²) < 4.78 is 5.73. The number of piperazine rings is 1. The maximum atomic E-state index is 12.4. The first-order valence-electron chi connectivity index (χ1n) is 9.15. The van der Waals surface area contributed by atoms with E-state index in [1.807, 2.05) is 12.1 Å². The minimum absolute atomic E-state index is 0. The lowest BCUT2D eigenvalue weighted by Gasteiger charge is -2.36. The van der Waals surface area contributed by atoms with E-state index in [2.05, 4.69) is 20.1 Å². The van der Waals surface area contributed by atoms with Crippen LogP contribution in [0.3, 0.4) is 0 Å². The highest BCUT2D eigenvalue weighted by Gasteiger charge is 2.49. The largest absolute Gasteiger partial charge is 0.461 e. The van der Waals surface area contributed by atoms with Gasteiger partial charge in [0.25, 0.3) is 0 Å². The van der Waals surface area contributed by atoms with Gasteiger partial charge in [0.2, 0.25) is 0 Å². The topological polar surface area (TPSA) is 57.7 Å². The molecule has 4 rings (SSSR count). The van der Waals surface area contributed by atoms with E-state index in [9.17, 15) is 4.79 Å². The Bertz CT molecular complexity index is 618. The SMILES string of the molecule is Cl.Cl.O=C1OC(CN2CCN(c3ccc(Cl)cn3)CC2)CC12CCNCC2. The third-order valence-electron chi connectivity index (χ3n) is 5.76. The molecule has 3 saturated heterocycles. The quantitative estimate of drug-likeness (QED) is 0.733. The van der Waals surface area contributed by atoms with E-state index in [0.717, 1.165) is 70.9 Å². The standard InChI is InChI=1S/C18H25ClN4O2.2ClH/c19-14-1-2-16(21-12-14)23-9-7-22(8-10-23)13-15-11-18(17(24)25-15)3-5-20-6-4-18;;/h1-2,12,15,20H,3-11,13H2;2*1H. The van der Waals surface area contributed by atoms with Gasteiger partial charge in [0.15, 0.2) is 0 Å². The van der Waals surface area contributed by atoms with Gasteiger partial charge in [-0.15, -0.1) is 24.8 Å². The molecule has 0 aliphatic carbocycles. The van der Waals surface area contributed by atoms with Crippen LogP contribution in [0.15, 0.2) is 18.3 Å². The molecule has 0 aromatic carbocycles. The Kier molecular flexibility index (Phi) is 8.01. The number of nitrogens with one attached hydrogen (secondary N) is 1. The molecular formula is C18H27Cl3N4O2. The molecule has 3 fully saturated rings. The third-order valence-corrected chi connectivity index (χ3v) is 5.98. The van der Waals surface area contributed by atoms with Gasteiger partial charge in [-0.2, -0.15) is 0 Å². The smallest absolute Gasteiger partial charge is 0.312 e. The Morgan fingerprint density at radius 1 is 1.19 bits per heavy atom. The summed E-state index contributed by atoms with van der Waals surface area (Å²) in [6.07, 6.45) is 4.45. The number of carbonyl (C=O) groups is 1. The normalized spacial score (nSPS) is 24.9. The maximum Gasteiger partial charge on any atom is 0.312 e. The van der Waals surface area contributed by atoms with Gasteiger partial charge in [0.05, 0.1) is 10.4 Å². The molecular weight excluding hydrogens is 411 g/mol. The van der Waals surface area contributed by atoms with Crippen LogP contribution in [-0.2, 0) is 9.53 Å². The van der Waals surface area contributed by atoms with Crippen molar-refractivity contribution in [1.82, 2.24) is 15.2 Å². The molecule has 1 spiro atoms. The Labute approximate surface area is 177 Å². The first-order valence-corrected chi connectivity index (χ1v) is 9.53. The van der Waals surface area contributed by atoms with E-state index in [4.69, 9.17) is 16.3 Å². The summed E-state index contributed by atoms with van der Waals surface area (Å²) in [6.45, 7) is 6.50. The second-order valence-electron chi connectivity index (χ2n) is 7.38. The molecule has 0 saturated carbocycles. The van der Waals surface area contributed by atoms with Crippen LogP contribution < -0.4 is 10.2 Å². The molecule has 4 heterocycles. The summed E-state index contributed by atoms with van der Waals surface area (Å²) in [7, 11) is 0. The zero-order valence-corrected chi connectivity index (χ0v) is 17.6. The molecule has 9 heteroatoms. The summed E-state index contributed by atoms with van der Waals surface area (Å²) in [6, 6.07) is 3.85. The van der Waals surface area contributed by atoms with E-state index in [-0.39, 0.29) is 42.3 Å². The summed E-state index contributed by atoms with van der Waals surface area (Å²) >= 11 is 5.91. The number of carbonyl (C=O) groups excluding carboxylic acids is 1. The van der Waals surface area contributed by atoms with Crippen LogP contribution in [0.4, 0.5) is 5.82 Å². The third kappa shape index (κ3) is 4.98. The van der Waals surface area contributed by atoms with Gasteiger partial charge in [0.1, 0.15) is 11.9 Å². The van der Waals surface area contributed by atoms with E-state index in [0.29, 0.717) is 5.02 Å². The fourth-order valence-corrected chi connectivity index (χ4v) is 4.37. The van der Waals surface area contributed by atoms with Crippen molar-refractivity contribution in [2.24, 2.45) is 5.41 Å². The minimum Gasteiger partial charge on any atom is -0.461 e. The summed E-state index contributed by atoms with van der Waals surface area (Å²) in [5.74, 6) is 1.01. The van der Waals surface area contributed by atoms with Crippen LogP contribution >= 0.6 is 36.4 Å². The zero-order chi connectivity index (χ0) is 17.3. The first kappa shape index (κ1) is 22.5. The Hall–Kier alpha value is -0.790. The van der Waals surface area contributed by atoms with Crippen LogP contribution in [0.2, 0.25) is 5.02 Å². The van der Waals surface area contributed by atoms with Gasteiger partial charge in [-0.3, -0.25) is 9.69 Å². The Morgan fingerprint density at radius 2 is 1.89 bits per heavy atom. The Balaban J connectivity index is 0.00000131. The highest BCUT2D eigenvalue weighted by molar-refractivity contribution is 6.30. The molecule has 1 aromatic rings. The highest BCUT2D eigenvalue weighted by atomic mass is 35.5. The highest BCUT2D eigenvalue weighted by Crippen LogP contribution is 2.41. The van der Waals surface area contributed by atoms with Crippen LogP contribution in [0.25, 0.3) is 0 Å². The number of cyclic esters (lactones) is 1. The number of hydrogen-bond donors (Lipinski definition) is 1. The van der Waals surface area contributed by atoms with E-state index in [1.165, 1.54) is 0 Å². The predicted octanol–water partition coefficient (Wildman–Crippen LogP) is 2.39. The lowest BCUT2D eigenvalue weighted by Crippen LogP contribution is -2.49. The number of halogens is 3. The van der Waals surface area contributed by atoms with Crippen molar-refractivity contribution in [3.8, 4) is 0 Å². The average Bonchev–Trinajstić information content (AvgIpc) is 2.92. The lowest BCUT2D eigenvalue weighted by atomic mass is 9.76. The van der Waals surface area contributed by atoms with Crippen molar-refractivity contribution >= 4 is 48.2 Å². The summed E-state index contributed by atoms with van der Waals surface area (Å²) in [4.78, 5) is 21.5. The van der Waals surface area contributed by atoms with Gasteiger partial charge in [-0.25, -0.2) is 4.98 Å². The van der Waals surface area contributed by atoms with Crippen LogP contribution in [0, 0.1) is 5.41 Å². The molecule has 0 amide bonds. The summed E-state index contributed by atoms with van der Waals surface area (Å²) in [5.41, 5.74) is -0.217. The molecule has 0 bridgehead atoms. The lowest BCUT2D eigenvalue weighted by molar-refractivity contribution is -0.150. The van der Waals surface area contributed by atoms with E-state index >= 15 is 0 Å². The number of esters is 1. The second kappa shape index (κ2) is 9.61. The van der Waals surface area contributed by atoms with Crippen molar-refractivity contribution in [2.75, 3.05) is 50.7 Å². The molecule has 1 atom stereocenters. The number of ether oxygens (including phenoxy) is 1. The molecule has 1 unspecified atom stereocenters. The number of hydrogen-bond acceptors (Lipinski definition) is 6.